The largest absolute Gasteiger partial charge is 0.482 e. The number of benzene rings is 1. The molecule has 1 saturated carbocycles. The van der Waals surface area contributed by atoms with Gasteiger partial charge in [-0.25, -0.2) is 0 Å². The van der Waals surface area contributed by atoms with Gasteiger partial charge in [-0.2, -0.15) is 0 Å². The predicted molar refractivity (Wildman–Crippen MR) is 111 cm³/mol. The average Bonchev–Trinajstić information content (AvgIpc) is 2.63. The first kappa shape index (κ1) is 23.5. The topological polar surface area (TPSA) is 84.7 Å². The van der Waals surface area contributed by atoms with Crippen LogP contribution in [-0.2, 0) is 4.79 Å². The zero-order valence-corrected chi connectivity index (χ0v) is 17.5. The lowest BCUT2D eigenvalue weighted by molar-refractivity contribution is -0.127. The molecular formula is C19H29Cl2N3O3. The maximum absolute atomic E-state index is 12.6. The Balaban J connectivity index is 0.00000364. The molecule has 1 unspecified atom stereocenters. The summed E-state index contributed by atoms with van der Waals surface area (Å²) < 4.78 is 5.87. The Morgan fingerprint density at radius 2 is 2.04 bits per heavy atom. The minimum atomic E-state index is -0.522. The third-order valence-electron chi connectivity index (χ3n) is 4.72. The molecule has 1 aromatic rings. The summed E-state index contributed by atoms with van der Waals surface area (Å²) in [4.78, 5) is 26.9. The number of Topliss-reactive ketones (excluding diaryl/α,β-unsaturated/α-hetero) is 1. The molecule has 0 heterocycles. The minimum Gasteiger partial charge on any atom is -0.482 e. The monoisotopic (exact) mass is 417 g/mol. The Morgan fingerprint density at radius 3 is 2.67 bits per heavy atom. The summed E-state index contributed by atoms with van der Waals surface area (Å²) in [6.07, 6.45) is 2.47. The summed E-state index contributed by atoms with van der Waals surface area (Å²) in [5, 5.41) is 3.18. The Labute approximate surface area is 172 Å². The second-order valence-corrected chi connectivity index (χ2v) is 6.88. The normalized spacial score (nSPS) is 16.7. The molecule has 1 amide bonds. The molecule has 27 heavy (non-hydrogen) atoms. The van der Waals surface area contributed by atoms with Crippen LogP contribution in [-0.4, -0.2) is 48.9 Å². The number of carbonyl (C=O) groups is 2. The van der Waals surface area contributed by atoms with Crippen molar-refractivity contribution in [1.82, 2.24) is 10.2 Å². The van der Waals surface area contributed by atoms with E-state index in [2.05, 4.69) is 24.1 Å². The number of likely N-dealkylation sites (N-methyl/N-ethyl adjacent to an activating group) is 1. The number of ketones is 1. The van der Waals surface area contributed by atoms with E-state index in [0.717, 1.165) is 32.5 Å². The van der Waals surface area contributed by atoms with Crippen LogP contribution in [0, 0.1) is 0 Å². The molecule has 6 nitrogen and oxygen atoms in total. The molecule has 2 rings (SSSR count). The number of nitrogen functional groups attached to an aromatic ring is 1. The number of nitrogens with one attached hydrogen (secondary N) is 1. The highest BCUT2D eigenvalue weighted by molar-refractivity contribution is 6.33. The van der Waals surface area contributed by atoms with Gasteiger partial charge in [0.05, 0.1) is 16.3 Å². The van der Waals surface area contributed by atoms with Gasteiger partial charge in [0.2, 0.25) is 0 Å². The number of amides is 1. The van der Waals surface area contributed by atoms with E-state index in [-0.39, 0.29) is 24.1 Å². The fraction of sp³-hybridized carbons (Fsp3) is 0.579. The number of hydrogen-bond acceptors (Lipinski definition) is 5. The van der Waals surface area contributed by atoms with Gasteiger partial charge in [-0.1, -0.05) is 25.4 Å². The van der Waals surface area contributed by atoms with Gasteiger partial charge in [-0.05, 0) is 38.4 Å². The molecule has 152 valence electrons. The summed E-state index contributed by atoms with van der Waals surface area (Å²) in [7, 11) is 0. The molecule has 0 bridgehead atoms. The number of ether oxygens (including phenoxy) is 1. The van der Waals surface area contributed by atoms with Crippen molar-refractivity contribution < 1.29 is 14.3 Å². The van der Waals surface area contributed by atoms with Crippen LogP contribution in [0.1, 0.15) is 49.9 Å². The number of nitrogens with zero attached hydrogens (tertiary/aromatic N) is 1. The Kier molecular flexibility index (Phi) is 9.91. The zero-order valence-electron chi connectivity index (χ0n) is 15.9. The van der Waals surface area contributed by atoms with Crippen molar-refractivity contribution >= 4 is 41.4 Å². The SMILES string of the molecule is CCN(CC)CCNC(=O)c1cc(Cl)c(N)cc1OC1CCCCC1=O.Cl. The Morgan fingerprint density at radius 1 is 1.33 bits per heavy atom. The van der Waals surface area contributed by atoms with Crippen LogP contribution in [0.15, 0.2) is 12.1 Å². The van der Waals surface area contributed by atoms with E-state index in [1.54, 1.807) is 0 Å². The highest BCUT2D eigenvalue weighted by Gasteiger charge is 2.26. The maximum Gasteiger partial charge on any atom is 0.255 e. The van der Waals surface area contributed by atoms with Gasteiger partial charge in [0.25, 0.3) is 5.91 Å². The van der Waals surface area contributed by atoms with Crippen LogP contribution >= 0.6 is 24.0 Å². The van der Waals surface area contributed by atoms with Crippen LogP contribution in [0.2, 0.25) is 5.02 Å². The molecular weight excluding hydrogens is 389 g/mol. The quantitative estimate of drug-likeness (QED) is 0.633. The van der Waals surface area contributed by atoms with Crippen molar-refractivity contribution in [2.75, 3.05) is 31.9 Å². The second kappa shape index (κ2) is 11.4. The smallest absolute Gasteiger partial charge is 0.255 e. The van der Waals surface area contributed by atoms with E-state index in [4.69, 9.17) is 22.1 Å². The van der Waals surface area contributed by atoms with Gasteiger partial charge in [0, 0.05) is 25.6 Å². The highest BCUT2D eigenvalue weighted by atomic mass is 35.5. The highest BCUT2D eigenvalue weighted by Crippen LogP contribution is 2.31. The van der Waals surface area contributed by atoms with Crippen LogP contribution in [0.4, 0.5) is 5.69 Å². The first-order valence-corrected chi connectivity index (χ1v) is 9.63. The molecule has 1 aliphatic rings. The van der Waals surface area contributed by atoms with Gasteiger partial charge in [0.1, 0.15) is 5.75 Å². The molecule has 1 aliphatic carbocycles. The van der Waals surface area contributed by atoms with Crippen molar-refractivity contribution in [2.24, 2.45) is 0 Å². The molecule has 8 heteroatoms. The van der Waals surface area contributed by atoms with Crippen molar-refractivity contribution in [3.8, 4) is 5.75 Å². The first-order chi connectivity index (χ1) is 12.5. The fourth-order valence-corrected chi connectivity index (χ4v) is 3.20. The number of carbonyl (C=O) groups excluding carboxylic acids is 2. The summed E-state index contributed by atoms with van der Waals surface area (Å²) >= 11 is 6.09. The minimum absolute atomic E-state index is 0. The Hall–Kier alpha value is -1.50. The van der Waals surface area contributed by atoms with E-state index in [1.807, 2.05) is 0 Å². The van der Waals surface area contributed by atoms with Gasteiger partial charge in [-0.15, -0.1) is 12.4 Å². The lowest BCUT2D eigenvalue weighted by Gasteiger charge is -2.23. The molecule has 3 N–H and O–H groups in total. The Bertz CT molecular complexity index is 651. The summed E-state index contributed by atoms with van der Waals surface area (Å²) in [5.74, 6) is 0.0995. The number of anilines is 1. The lowest BCUT2D eigenvalue weighted by Crippen LogP contribution is -2.35. The fourth-order valence-electron chi connectivity index (χ4n) is 3.04. The van der Waals surface area contributed by atoms with Crippen molar-refractivity contribution in [3.63, 3.8) is 0 Å². The molecule has 1 atom stereocenters. The number of nitrogens with two attached hydrogens (primary N) is 1. The van der Waals surface area contributed by atoms with Crippen LogP contribution in [0.3, 0.4) is 0 Å². The summed E-state index contributed by atoms with van der Waals surface area (Å²) in [5.41, 5.74) is 6.50. The third-order valence-corrected chi connectivity index (χ3v) is 5.05. The maximum atomic E-state index is 12.6. The molecule has 0 saturated heterocycles. The lowest BCUT2D eigenvalue weighted by atomic mass is 9.96. The van der Waals surface area contributed by atoms with Gasteiger partial charge < -0.3 is 20.7 Å². The predicted octanol–water partition coefficient (Wildman–Crippen LogP) is 3.31. The van der Waals surface area contributed by atoms with E-state index >= 15 is 0 Å². The molecule has 0 aliphatic heterocycles. The molecule has 0 aromatic heterocycles. The third kappa shape index (κ3) is 6.55. The molecule has 0 radical (unpaired) electrons. The van der Waals surface area contributed by atoms with Crippen LogP contribution in [0.25, 0.3) is 0 Å². The van der Waals surface area contributed by atoms with Crippen molar-refractivity contribution in [3.05, 3.63) is 22.7 Å². The van der Waals surface area contributed by atoms with Gasteiger partial charge in [-0.3, -0.25) is 9.59 Å². The average molecular weight is 418 g/mol. The standard InChI is InChI=1S/C19H28ClN3O3.ClH/c1-3-23(4-2)10-9-22-19(25)13-11-14(20)15(21)12-18(13)26-17-8-6-5-7-16(17)24;/h11-12,17H,3-10,21H2,1-2H3,(H,22,25);1H. The summed E-state index contributed by atoms with van der Waals surface area (Å²) in [6, 6.07) is 3.04. The number of rotatable bonds is 8. The second-order valence-electron chi connectivity index (χ2n) is 6.47. The van der Waals surface area contributed by atoms with Gasteiger partial charge >= 0.3 is 0 Å². The van der Waals surface area contributed by atoms with Crippen LogP contribution < -0.4 is 15.8 Å². The number of hydrogen-bond donors (Lipinski definition) is 2. The molecule has 1 aromatic carbocycles. The van der Waals surface area contributed by atoms with E-state index in [0.29, 0.717) is 41.4 Å². The zero-order chi connectivity index (χ0) is 19.1. The van der Waals surface area contributed by atoms with Crippen molar-refractivity contribution in [1.29, 1.82) is 0 Å². The number of halogens is 2. The molecule has 1 fully saturated rings. The van der Waals surface area contributed by atoms with Crippen molar-refractivity contribution in [2.45, 2.75) is 45.6 Å². The van der Waals surface area contributed by atoms with E-state index < -0.39 is 6.10 Å². The van der Waals surface area contributed by atoms with Gasteiger partial charge in [0.15, 0.2) is 11.9 Å². The first-order valence-electron chi connectivity index (χ1n) is 9.25. The summed E-state index contributed by atoms with van der Waals surface area (Å²) in [6.45, 7) is 7.30. The van der Waals surface area contributed by atoms with E-state index in [1.165, 1.54) is 12.1 Å². The van der Waals surface area contributed by atoms with Crippen LogP contribution in [0.5, 0.6) is 5.75 Å². The molecule has 0 spiro atoms. The van der Waals surface area contributed by atoms with E-state index in [9.17, 15) is 9.59 Å².